The quantitative estimate of drug-likeness (QED) is 0.801. The van der Waals surface area contributed by atoms with Gasteiger partial charge in [-0.25, -0.2) is 4.79 Å². The van der Waals surface area contributed by atoms with E-state index in [2.05, 4.69) is 0 Å². The van der Waals surface area contributed by atoms with Crippen LogP contribution in [0.25, 0.3) is 6.08 Å². The molecule has 0 saturated heterocycles. The van der Waals surface area contributed by atoms with Crippen molar-refractivity contribution in [2.24, 2.45) is 0 Å². The molecule has 0 fully saturated rings. The van der Waals surface area contributed by atoms with Gasteiger partial charge in [0.05, 0.1) is 0 Å². The highest BCUT2D eigenvalue weighted by atomic mass is 16.5. The first-order chi connectivity index (χ1) is 11.2. The molecule has 0 N–H and O–H groups in total. The molecule has 2 aliphatic rings. The van der Waals surface area contributed by atoms with Crippen molar-refractivity contribution in [1.29, 1.82) is 0 Å². The monoisotopic (exact) mass is 310 g/mol. The number of allylic oxidation sites excluding steroid dienone is 2. The van der Waals surface area contributed by atoms with E-state index in [1.807, 2.05) is 36.4 Å². The van der Waals surface area contributed by atoms with Crippen LogP contribution in [0, 0.1) is 0 Å². The summed E-state index contributed by atoms with van der Waals surface area (Å²) in [5.41, 5.74) is 1.04. The van der Waals surface area contributed by atoms with Crippen LogP contribution in [-0.2, 0) is 19.1 Å². The molecule has 1 aromatic carbocycles. The Kier molecular flexibility index (Phi) is 4.71. The molecule has 4 heteroatoms. The summed E-state index contributed by atoms with van der Waals surface area (Å²) in [4.78, 5) is 23.2. The molecule has 2 atom stereocenters. The Bertz CT molecular complexity index is 670. The normalized spacial score (nSPS) is 24.3. The lowest BCUT2D eigenvalue weighted by Gasteiger charge is -2.27. The molecule has 1 aromatic rings. The smallest absolute Gasteiger partial charge is 0.330 e. The third-order valence-electron chi connectivity index (χ3n) is 3.74. The van der Waals surface area contributed by atoms with Crippen LogP contribution in [0.5, 0.6) is 0 Å². The Labute approximate surface area is 135 Å². The zero-order valence-electron chi connectivity index (χ0n) is 12.7. The number of esters is 1. The molecular formula is C19H18O4. The molecule has 0 radical (unpaired) electrons. The fourth-order valence-corrected chi connectivity index (χ4v) is 2.68. The van der Waals surface area contributed by atoms with Crippen molar-refractivity contribution in [3.05, 3.63) is 66.0 Å². The Balaban J connectivity index is 1.62. The summed E-state index contributed by atoms with van der Waals surface area (Å²) in [7, 11) is 0. The summed E-state index contributed by atoms with van der Waals surface area (Å²) in [6.07, 6.45) is 9.48. The third-order valence-corrected chi connectivity index (χ3v) is 3.74. The van der Waals surface area contributed by atoms with Crippen molar-refractivity contribution >= 4 is 17.8 Å². The zero-order valence-corrected chi connectivity index (χ0v) is 12.7. The standard InChI is InChI=1S/C19H18O4/c20-15-11-17(10-9-14-5-2-1-3-6-14)22-18(12-15)13-16-7-4-8-19(21)23-16/h1-6,8-11,16,18H,7,12-13H2/b10-9+. The maximum absolute atomic E-state index is 11.9. The maximum atomic E-state index is 11.9. The number of carbonyl (C=O) groups is 2. The highest BCUT2D eigenvalue weighted by Gasteiger charge is 2.26. The lowest BCUT2D eigenvalue weighted by atomic mass is 10.0. The molecule has 0 bridgehead atoms. The number of hydrogen-bond donors (Lipinski definition) is 0. The number of hydrogen-bond acceptors (Lipinski definition) is 4. The lowest BCUT2D eigenvalue weighted by Crippen LogP contribution is -2.29. The number of ketones is 1. The predicted molar refractivity (Wildman–Crippen MR) is 86.3 cm³/mol. The molecule has 0 aliphatic carbocycles. The molecule has 2 unspecified atom stereocenters. The summed E-state index contributed by atoms with van der Waals surface area (Å²) < 4.78 is 11.1. The van der Waals surface area contributed by atoms with Crippen LogP contribution >= 0.6 is 0 Å². The van der Waals surface area contributed by atoms with Gasteiger partial charge in [-0.05, 0) is 11.6 Å². The Hall–Kier alpha value is -2.62. The number of carbonyl (C=O) groups excluding carboxylic acids is 2. The van der Waals surface area contributed by atoms with Crippen LogP contribution in [0.4, 0.5) is 0 Å². The van der Waals surface area contributed by atoms with Gasteiger partial charge in [0.25, 0.3) is 0 Å². The van der Waals surface area contributed by atoms with Crippen LogP contribution in [0.2, 0.25) is 0 Å². The molecule has 2 heterocycles. The summed E-state index contributed by atoms with van der Waals surface area (Å²) in [6, 6.07) is 9.82. The molecular weight excluding hydrogens is 292 g/mol. The Morgan fingerprint density at radius 2 is 1.87 bits per heavy atom. The fourth-order valence-electron chi connectivity index (χ4n) is 2.68. The van der Waals surface area contributed by atoms with Crippen LogP contribution in [0.1, 0.15) is 24.8 Å². The second-order valence-electron chi connectivity index (χ2n) is 5.63. The van der Waals surface area contributed by atoms with E-state index < -0.39 is 0 Å². The van der Waals surface area contributed by atoms with Crippen LogP contribution in [0.3, 0.4) is 0 Å². The minimum absolute atomic E-state index is 0.0339. The van der Waals surface area contributed by atoms with Crippen molar-refractivity contribution in [3.63, 3.8) is 0 Å². The van der Waals surface area contributed by atoms with Gasteiger partial charge in [0, 0.05) is 31.4 Å². The third kappa shape index (κ3) is 4.42. The average Bonchev–Trinajstić information content (AvgIpc) is 2.53. The van der Waals surface area contributed by atoms with E-state index in [1.54, 1.807) is 12.2 Å². The molecule has 4 nitrogen and oxygen atoms in total. The summed E-state index contributed by atoms with van der Waals surface area (Å²) >= 11 is 0. The van der Waals surface area contributed by atoms with Crippen LogP contribution in [-0.4, -0.2) is 24.0 Å². The molecule has 2 aliphatic heterocycles. The highest BCUT2D eigenvalue weighted by molar-refractivity contribution is 5.91. The van der Waals surface area contributed by atoms with Gasteiger partial charge in [-0.1, -0.05) is 42.5 Å². The molecule has 0 spiro atoms. The van der Waals surface area contributed by atoms with Gasteiger partial charge in [0.2, 0.25) is 0 Å². The van der Waals surface area contributed by atoms with Crippen molar-refractivity contribution in [2.45, 2.75) is 31.5 Å². The van der Waals surface area contributed by atoms with Crippen molar-refractivity contribution < 1.29 is 19.1 Å². The SMILES string of the molecule is O=C1C=C(/C=C/c2ccccc2)OC(CC2CC=CC(=O)O2)C1. The molecule has 3 rings (SSSR count). The molecule has 0 aromatic heterocycles. The van der Waals surface area contributed by atoms with Gasteiger partial charge in [-0.2, -0.15) is 0 Å². The van der Waals surface area contributed by atoms with Gasteiger partial charge >= 0.3 is 5.97 Å². The first-order valence-electron chi connectivity index (χ1n) is 7.70. The first-order valence-corrected chi connectivity index (χ1v) is 7.70. The van der Waals surface area contributed by atoms with Gasteiger partial charge in [0.1, 0.15) is 18.0 Å². The van der Waals surface area contributed by atoms with E-state index in [-0.39, 0.29) is 24.0 Å². The van der Waals surface area contributed by atoms with Crippen molar-refractivity contribution in [2.75, 3.05) is 0 Å². The topological polar surface area (TPSA) is 52.6 Å². The minimum atomic E-state index is -0.330. The van der Waals surface area contributed by atoms with Gasteiger partial charge < -0.3 is 9.47 Å². The van der Waals surface area contributed by atoms with E-state index in [1.165, 1.54) is 12.2 Å². The first kappa shape index (κ1) is 15.3. The second kappa shape index (κ2) is 7.09. The van der Waals surface area contributed by atoms with Crippen LogP contribution in [0.15, 0.2) is 60.4 Å². The number of benzene rings is 1. The van der Waals surface area contributed by atoms with Gasteiger partial charge in [-0.3, -0.25) is 4.79 Å². The molecule has 0 saturated carbocycles. The maximum Gasteiger partial charge on any atom is 0.330 e. The fraction of sp³-hybridized carbons (Fsp3) is 0.263. The zero-order chi connectivity index (χ0) is 16.1. The number of rotatable bonds is 4. The largest absolute Gasteiger partial charge is 0.490 e. The lowest BCUT2D eigenvalue weighted by molar-refractivity contribution is -0.145. The van der Waals surface area contributed by atoms with Gasteiger partial charge in [0.15, 0.2) is 5.78 Å². The van der Waals surface area contributed by atoms with Crippen LogP contribution < -0.4 is 0 Å². The van der Waals surface area contributed by atoms with E-state index in [0.717, 1.165) is 5.56 Å². The summed E-state index contributed by atoms with van der Waals surface area (Å²) in [5, 5.41) is 0. The molecule has 118 valence electrons. The molecule has 0 amide bonds. The number of ether oxygens (including phenoxy) is 2. The summed E-state index contributed by atoms with van der Waals surface area (Å²) in [6.45, 7) is 0. The Morgan fingerprint density at radius 3 is 2.65 bits per heavy atom. The average molecular weight is 310 g/mol. The van der Waals surface area contributed by atoms with Gasteiger partial charge in [-0.15, -0.1) is 0 Å². The van der Waals surface area contributed by atoms with E-state index in [4.69, 9.17) is 9.47 Å². The minimum Gasteiger partial charge on any atom is -0.490 e. The predicted octanol–water partition coefficient (Wildman–Crippen LogP) is 3.20. The van der Waals surface area contributed by atoms with Crippen molar-refractivity contribution in [3.8, 4) is 0 Å². The summed E-state index contributed by atoms with van der Waals surface area (Å²) in [5.74, 6) is 0.252. The van der Waals surface area contributed by atoms with E-state index >= 15 is 0 Å². The van der Waals surface area contributed by atoms with Crippen molar-refractivity contribution in [1.82, 2.24) is 0 Å². The van der Waals surface area contributed by atoms with E-state index in [0.29, 0.717) is 25.0 Å². The second-order valence-corrected chi connectivity index (χ2v) is 5.63. The highest BCUT2D eigenvalue weighted by Crippen LogP contribution is 2.23. The Morgan fingerprint density at radius 1 is 1.04 bits per heavy atom. The number of cyclic esters (lactones) is 1. The molecule has 23 heavy (non-hydrogen) atoms. The van der Waals surface area contributed by atoms with E-state index in [9.17, 15) is 9.59 Å².